The molecule has 2 aromatic carbocycles. The van der Waals surface area contributed by atoms with Gasteiger partial charge < -0.3 is 15.1 Å². The van der Waals surface area contributed by atoms with E-state index in [9.17, 15) is 28.6 Å². The van der Waals surface area contributed by atoms with Gasteiger partial charge in [-0.15, -0.1) is 0 Å². The smallest absolute Gasteiger partial charge is 0.238 e. The molecule has 7 nitrogen and oxygen atoms in total. The molecule has 0 spiro atoms. The van der Waals surface area contributed by atoms with Crippen LogP contribution in [0, 0.1) is 35.3 Å². The molecule has 0 unspecified atom stereocenters. The van der Waals surface area contributed by atoms with Crippen LogP contribution >= 0.6 is 0 Å². The van der Waals surface area contributed by atoms with Gasteiger partial charge in [0.2, 0.25) is 11.8 Å². The Balaban J connectivity index is 1.42. The Bertz CT molecular complexity index is 1140. The number of carbonyl (C=O) groups is 2. The van der Waals surface area contributed by atoms with E-state index < -0.39 is 53.4 Å². The molecular weight excluding hydrogens is 446 g/mol. The molecule has 2 N–H and O–H groups in total. The number of imide groups is 1. The van der Waals surface area contributed by atoms with Gasteiger partial charge in [0.25, 0.3) is 0 Å². The van der Waals surface area contributed by atoms with E-state index in [1.807, 2.05) is 30.3 Å². The summed E-state index contributed by atoms with van der Waals surface area (Å²) in [5.74, 6) is -5.92. The summed E-state index contributed by atoms with van der Waals surface area (Å²) in [6.45, 7) is 0.224. The van der Waals surface area contributed by atoms with Gasteiger partial charge in [-0.3, -0.25) is 9.59 Å². The number of amides is 2. The number of rotatable bonds is 4. The first kappa shape index (κ1) is 22.6. The lowest BCUT2D eigenvalue weighted by molar-refractivity contribution is -0.132. The molecule has 3 fully saturated rings. The van der Waals surface area contributed by atoms with E-state index in [1.165, 1.54) is 0 Å². The van der Waals surface area contributed by atoms with Gasteiger partial charge in [-0.1, -0.05) is 35.5 Å². The number of oxime groups is 1. The molecule has 1 heterocycles. The van der Waals surface area contributed by atoms with E-state index in [-0.39, 0.29) is 24.6 Å². The molecule has 3 aliphatic rings. The molecule has 0 radical (unpaired) electrons. The summed E-state index contributed by atoms with van der Waals surface area (Å²) in [7, 11) is 0. The van der Waals surface area contributed by atoms with Crippen molar-refractivity contribution in [1.82, 2.24) is 0 Å². The highest BCUT2D eigenvalue weighted by molar-refractivity contribution is 6.22. The summed E-state index contributed by atoms with van der Waals surface area (Å²) in [4.78, 5) is 32.8. The molecule has 1 aliphatic heterocycles. The van der Waals surface area contributed by atoms with Crippen LogP contribution in [-0.4, -0.2) is 39.9 Å². The van der Waals surface area contributed by atoms with Crippen LogP contribution in [0.3, 0.4) is 0 Å². The molecule has 1 saturated heterocycles. The zero-order valence-corrected chi connectivity index (χ0v) is 18.2. The minimum absolute atomic E-state index is 0.0902. The van der Waals surface area contributed by atoms with Crippen molar-refractivity contribution in [2.75, 3.05) is 4.90 Å². The van der Waals surface area contributed by atoms with Crippen LogP contribution in [0.15, 0.2) is 53.7 Å². The number of nitrogens with zero attached hydrogens (tertiary/aromatic N) is 2. The Kier molecular flexibility index (Phi) is 5.91. The van der Waals surface area contributed by atoms with E-state index in [2.05, 4.69) is 5.16 Å². The molecule has 178 valence electrons. The Labute approximate surface area is 194 Å². The molecule has 2 amide bonds. The number of carbonyl (C=O) groups excluding carboxylic acids is 2. The third-order valence-corrected chi connectivity index (χ3v) is 7.19. The van der Waals surface area contributed by atoms with Crippen molar-refractivity contribution in [3.8, 4) is 0 Å². The van der Waals surface area contributed by atoms with Gasteiger partial charge >= 0.3 is 0 Å². The van der Waals surface area contributed by atoms with E-state index >= 15 is 0 Å². The van der Waals surface area contributed by atoms with Crippen molar-refractivity contribution in [2.45, 2.75) is 38.1 Å². The van der Waals surface area contributed by atoms with Crippen LogP contribution in [0.25, 0.3) is 0 Å². The topological polar surface area (TPSA) is 99.4 Å². The van der Waals surface area contributed by atoms with Crippen molar-refractivity contribution >= 4 is 23.2 Å². The SMILES string of the molecule is O=C1[C@@H]2[C@H]3[C@H](O)[C@H](O)C/C(=N/OCc4ccccc4)[C@H]3CC[C@H]2C(=O)N1c1ccc(F)cc1F. The minimum Gasteiger partial charge on any atom is -0.391 e. The highest BCUT2D eigenvalue weighted by atomic mass is 19.1. The van der Waals surface area contributed by atoms with E-state index in [4.69, 9.17) is 4.84 Å². The van der Waals surface area contributed by atoms with E-state index in [0.717, 1.165) is 22.6 Å². The van der Waals surface area contributed by atoms with Crippen LogP contribution in [0.2, 0.25) is 0 Å². The lowest BCUT2D eigenvalue weighted by Gasteiger charge is -2.45. The molecule has 5 rings (SSSR count). The van der Waals surface area contributed by atoms with Gasteiger partial charge in [0.1, 0.15) is 18.2 Å². The van der Waals surface area contributed by atoms with Gasteiger partial charge in [-0.25, -0.2) is 13.7 Å². The van der Waals surface area contributed by atoms with E-state index in [1.54, 1.807) is 0 Å². The maximum Gasteiger partial charge on any atom is 0.238 e. The fourth-order valence-electron chi connectivity index (χ4n) is 5.64. The number of anilines is 1. The zero-order valence-electron chi connectivity index (χ0n) is 18.2. The minimum atomic E-state index is -1.25. The predicted molar refractivity (Wildman–Crippen MR) is 117 cm³/mol. The summed E-state index contributed by atoms with van der Waals surface area (Å²) in [5, 5.41) is 25.6. The number of aliphatic hydroxyl groups is 2. The highest BCUT2D eigenvalue weighted by Gasteiger charge is 2.60. The van der Waals surface area contributed by atoms with Gasteiger partial charge in [0, 0.05) is 24.3 Å². The maximum absolute atomic E-state index is 14.4. The number of fused-ring (bicyclic) bond motifs is 3. The number of hydrogen-bond donors (Lipinski definition) is 2. The second kappa shape index (κ2) is 8.88. The molecule has 2 aromatic rings. The molecule has 0 bridgehead atoms. The predicted octanol–water partition coefficient (Wildman–Crippen LogP) is 2.79. The van der Waals surface area contributed by atoms with Gasteiger partial charge in [-0.05, 0) is 30.5 Å². The average Bonchev–Trinajstić information content (AvgIpc) is 3.07. The second-order valence-electron chi connectivity index (χ2n) is 9.10. The molecule has 6 atom stereocenters. The number of benzene rings is 2. The van der Waals surface area contributed by atoms with Gasteiger partial charge in [0.05, 0.1) is 35.4 Å². The van der Waals surface area contributed by atoms with Gasteiger partial charge in [0.15, 0.2) is 0 Å². The largest absolute Gasteiger partial charge is 0.391 e. The van der Waals surface area contributed by atoms with Crippen molar-refractivity contribution in [3.05, 3.63) is 65.7 Å². The third-order valence-electron chi connectivity index (χ3n) is 7.19. The van der Waals surface area contributed by atoms with Crippen LogP contribution in [0.1, 0.15) is 24.8 Å². The molecule has 2 aliphatic carbocycles. The first-order chi connectivity index (χ1) is 16.4. The van der Waals surface area contributed by atoms with Crippen molar-refractivity contribution in [1.29, 1.82) is 0 Å². The Hall–Kier alpha value is -3.17. The monoisotopic (exact) mass is 470 g/mol. The second-order valence-corrected chi connectivity index (χ2v) is 9.10. The molecule has 2 saturated carbocycles. The van der Waals surface area contributed by atoms with Crippen molar-refractivity contribution in [3.63, 3.8) is 0 Å². The van der Waals surface area contributed by atoms with Crippen LogP contribution < -0.4 is 4.90 Å². The highest BCUT2D eigenvalue weighted by Crippen LogP contribution is 2.50. The Morgan fingerprint density at radius 1 is 1.00 bits per heavy atom. The fraction of sp³-hybridized carbons (Fsp3) is 0.400. The summed E-state index contributed by atoms with van der Waals surface area (Å²) < 4.78 is 27.8. The molecule has 9 heteroatoms. The first-order valence-corrected chi connectivity index (χ1v) is 11.3. The zero-order chi connectivity index (χ0) is 24.0. The summed E-state index contributed by atoms with van der Waals surface area (Å²) in [6.07, 6.45) is -1.54. The maximum atomic E-state index is 14.4. The van der Waals surface area contributed by atoms with E-state index in [0.29, 0.717) is 24.6 Å². The Morgan fingerprint density at radius 3 is 2.47 bits per heavy atom. The lowest BCUT2D eigenvalue weighted by Crippen LogP contribution is -2.54. The van der Waals surface area contributed by atoms with Gasteiger partial charge in [-0.2, -0.15) is 0 Å². The van der Waals surface area contributed by atoms with Crippen molar-refractivity contribution < 1.29 is 33.4 Å². The van der Waals surface area contributed by atoms with Crippen LogP contribution in [-0.2, 0) is 21.0 Å². The summed E-state index contributed by atoms with van der Waals surface area (Å²) in [6, 6.07) is 12.1. The Morgan fingerprint density at radius 2 is 1.74 bits per heavy atom. The number of halogens is 2. The van der Waals surface area contributed by atoms with Crippen LogP contribution in [0.4, 0.5) is 14.5 Å². The third kappa shape index (κ3) is 3.78. The summed E-state index contributed by atoms with van der Waals surface area (Å²) >= 11 is 0. The quantitative estimate of drug-likeness (QED) is 0.529. The fourth-order valence-corrected chi connectivity index (χ4v) is 5.64. The van der Waals surface area contributed by atoms with Crippen LogP contribution in [0.5, 0.6) is 0 Å². The standard InChI is InChI=1S/C25H24F2N2O5/c26-14-6-9-19(17(27)10-14)29-24(32)16-8-7-15-18(28-34-12-13-4-2-1-3-5-13)11-20(30)23(31)21(15)22(16)25(29)33/h1-6,9-10,15-16,20-23,30-31H,7-8,11-12H2/b28-18-/t15-,16-,20-,21+,22+,23-/m1/s1. The molecular formula is C25H24F2N2O5. The first-order valence-electron chi connectivity index (χ1n) is 11.3. The molecule has 0 aromatic heterocycles. The van der Waals surface area contributed by atoms with Crippen molar-refractivity contribution in [2.24, 2.45) is 28.8 Å². The number of hydrogen-bond acceptors (Lipinski definition) is 6. The molecule has 34 heavy (non-hydrogen) atoms. The normalized spacial score (nSPS) is 32.0. The number of aliphatic hydroxyl groups excluding tert-OH is 2. The average molecular weight is 470 g/mol. The summed E-state index contributed by atoms with van der Waals surface area (Å²) in [5.41, 5.74) is 1.13. The lowest BCUT2D eigenvalue weighted by atomic mass is 9.60.